The number of allylic oxidation sites excluding steroid dienone is 7. The second kappa shape index (κ2) is 7.56. The number of hydrogen-bond acceptors (Lipinski definition) is 1. The number of fused-ring (bicyclic) bond motifs is 5. The molecule has 2 fully saturated rings. The van der Waals surface area contributed by atoms with Crippen LogP contribution < -0.4 is 0 Å². The second-order valence-corrected chi connectivity index (χ2v) is 11.5. The van der Waals surface area contributed by atoms with Gasteiger partial charge < -0.3 is 5.11 Å². The van der Waals surface area contributed by atoms with Crippen molar-refractivity contribution in [1.82, 2.24) is 0 Å². The van der Waals surface area contributed by atoms with Gasteiger partial charge in [0.15, 0.2) is 0 Å². The molecule has 1 nitrogen and oxygen atoms in total. The van der Waals surface area contributed by atoms with Gasteiger partial charge in [-0.15, -0.1) is 0 Å². The van der Waals surface area contributed by atoms with Crippen molar-refractivity contribution in [2.75, 3.05) is 0 Å². The summed E-state index contributed by atoms with van der Waals surface area (Å²) in [5.41, 5.74) is 5.26. The van der Waals surface area contributed by atoms with Crippen molar-refractivity contribution in [3.8, 4) is 0 Å². The van der Waals surface area contributed by atoms with Crippen LogP contribution in [0.15, 0.2) is 47.1 Å². The molecule has 0 saturated heterocycles. The smallest absolute Gasteiger partial charge is 0.0578 e. The fraction of sp³-hybridized carbons (Fsp3) is 0.714. The molecular weight excluding hydrogens is 352 g/mol. The highest BCUT2D eigenvalue weighted by atomic mass is 16.3. The predicted octanol–water partition coefficient (Wildman–Crippen LogP) is 7.25. The molecule has 4 aliphatic rings. The quantitative estimate of drug-likeness (QED) is 0.498. The summed E-state index contributed by atoms with van der Waals surface area (Å²) >= 11 is 0. The number of rotatable bonds is 4. The van der Waals surface area contributed by atoms with E-state index >= 15 is 0 Å². The molecule has 0 aliphatic heterocycles. The fourth-order valence-electron chi connectivity index (χ4n) is 6.96. The zero-order chi connectivity index (χ0) is 21.0. The second-order valence-electron chi connectivity index (χ2n) is 11.5. The summed E-state index contributed by atoms with van der Waals surface area (Å²) in [6.07, 6.45) is 19.1. The predicted molar refractivity (Wildman–Crippen MR) is 123 cm³/mol. The van der Waals surface area contributed by atoms with Crippen molar-refractivity contribution in [3.63, 3.8) is 0 Å². The maximum Gasteiger partial charge on any atom is 0.0578 e. The summed E-state index contributed by atoms with van der Waals surface area (Å²) in [6.45, 7) is 14.5. The minimum Gasteiger partial charge on any atom is -0.393 e. The Morgan fingerprint density at radius 3 is 2.52 bits per heavy atom. The highest BCUT2D eigenvalue weighted by Crippen LogP contribution is 2.63. The molecule has 160 valence electrons. The van der Waals surface area contributed by atoms with E-state index < -0.39 is 0 Å². The molecule has 0 radical (unpaired) electrons. The van der Waals surface area contributed by atoms with Gasteiger partial charge in [0.1, 0.15) is 0 Å². The van der Waals surface area contributed by atoms with E-state index in [1.807, 2.05) is 0 Å². The average Bonchev–Trinajstić information content (AvgIpc) is 3.03. The molecule has 0 aromatic rings. The Morgan fingerprint density at radius 2 is 1.79 bits per heavy atom. The molecule has 0 spiro atoms. The SMILES string of the molecule is CC(C)C(C)C=CC(C)C1CCC2C3=CC=C4CC(O)CC[C@]4(C)C3=CC[C@@]21C. The summed E-state index contributed by atoms with van der Waals surface area (Å²) in [5, 5.41) is 10.2. The van der Waals surface area contributed by atoms with Crippen LogP contribution in [0, 0.1) is 40.4 Å². The van der Waals surface area contributed by atoms with Crippen LogP contribution in [-0.2, 0) is 0 Å². The zero-order valence-electron chi connectivity index (χ0n) is 19.5. The van der Waals surface area contributed by atoms with E-state index in [0.29, 0.717) is 29.1 Å². The third-order valence-corrected chi connectivity index (χ3v) is 9.45. The van der Waals surface area contributed by atoms with Gasteiger partial charge in [-0.1, -0.05) is 77.5 Å². The Morgan fingerprint density at radius 1 is 1.03 bits per heavy atom. The molecule has 1 N–H and O–H groups in total. The van der Waals surface area contributed by atoms with Crippen LogP contribution in [0.2, 0.25) is 0 Å². The Labute approximate surface area is 179 Å². The fourth-order valence-corrected chi connectivity index (χ4v) is 6.96. The molecule has 0 heterocycles. The van der Waals surface area contributed by atoms with E-state index in [-0.39, 0.29) is 11.5 Å². The first-order chi connectivity index (χ1) is 13.7. The van der Waals surface area contributed by atoms with Gasteiger partial charge in [0.05, 0.1) is 6.10 Å². The molecular formula is C28H42O. The average molecular weight is 395 g/mol. The number of aliphatic hydroxyl groups is 1. The van der Waals surface area contributed by atoms with Gasteiger partial charge in [0, 0.05) is 5.41 Å². The van der Waals surface area contributed by atoms with E-state index in [2.05, 4.69) is 71.9 Å². The van der Waals surface area contributed by atoms with Crippen LogP contribution in [0.25, 0.3) is 0 Å². The van der Waals surface area contributed by atoms with Crippen LogP contribution in [0.1, 0.15) is 80.1 Å². The standard InChI is InChI=1S/C28H42O/c1-18(2)19(3)7-8-20(4)24-11-12-25-23-10-9-21-17-22(29)13-15-27(21,5)26(23)14-16-28(24,25)6/h7-10,14,18-20,22,24-25,29H,11-13,15-17H2,1-6H3/t19?,20?,22?,24?,25?,27-,28+/m0/s1. The molecule has 4 aliphatic carbocycles. The molecule has 1 heteroatoms. The van der Waals surface area contributed by atoms with Crippen molar-refractivity contribution in [2.45, 2.75) is 86.2 Å². The lowest BCUT2D eigenvalue weighted by molar-refractivity contribution is 0.113. The first kappa shape index (κ1) is 21.2. The topological polar surface area (TPSA) is 20.2 Å². The normalized spacial score (nSPS) is 41.2. The lowest BCUT2D eigenvalue weighted by Crippen LogP contribution is -2.41. The van der Waals surface area contributed by atoms with E-state index in [1.54, 1.807) is 11.1 Å². The van der Waals surface area contributed by atoms with Gasteiger partial charge in [-0.05, 0) is 84.7 Å². The minimum atomic E-state index is -0.143. The molecule has 0 aromatic heterocycles. The van der Waals surface area contributed by atoms with Gasteiger partial charge in [-0.25, -0.2) is 0 Å². The number of aliphatic hydroxyl groups excluding tert-OH is 1. The monoisotopic (exact) mass is 394 g/mol. The molecule has 2 saturated carbocycles. The van der Waals surface area contributed by atoms with Gasteiger partial charge in [-0.2, -0.15) is 0 Å². The summed E-state index contributed by atoms with van der Waals surface area (Å²) < 4.78 is 0. The maximum atomic E-state index is 10.2. The Kier molecular flexibility index (Phi) is 5.52. The third-order valence-electron chi connectivity index (χ3n) is 9.45. The summed E-state index contributed by atoms with van der Waals surface area (Å²) in [5.74, 6) is 3.50. The van der Waals surface area contributed by atoms with Crippen molar-refractivity contribution in [1.29, 1.82) is 0 Å². The zero-order valence-corrected chi connectivity index (χ0v) is 19.5. The van der Waals surface area contributed by atoms with Crippen molar-refractivity contribution < 1.29 is 5.11 Å². The van der Waals surface area contributed by atoms with Crippen LogP contribution in [0.4, 0.5) is 0 Å². The van der Waals surface area contributed by atoms with Gasteiger partial charge in [0.2, 0.25) is 0 Å². The van der Waals surface area contributed by atoms with E-state index in [9.17, 15) is 5.11 Å². The summed E-state index contributed by atoms with van der Waals surface area (Å²) in [6, 6.07) is 0. The van der Waals surface area contributed by atoms with Gasteiger partial charge in [-0.3, -0.25) is 0 Å². The molecule has 7 atom stereocenters. The molecule has 5 unspecified atom stereocenters. The lowest BCUT2D eigenvalue weighted by Gasteiger charge is -2.50. The summed E-state index contributed by atoms with van der Waals surface area (Å²) in [4.78, 5) is 0. The Bertz CT molecular complexity index is 765. The molecule has 29 heavy (non-hydrogen) atoms. The highest BCUT2D eigenvalue weighted by molar-refractivity contribution is 5.53. The molecule has 0 bridgehead atoms. The van der Waals surface area contributed by atoms with Crippen molar-refractivity contribution in [3.05, 3.63) is 47.1 Å². The van der Waals surface area contributed by atoms with E-state index in [1.165, 1.54) is 24.8 Å². The van der Waals surface area contributed by atoms with Crippen molar-refractivity contribution >= 4 is 0 Å². The first-order valence-electron chi connectivity index (χ1n) is 12.2. The number of hydrogen-bond donors (Lipinski definition) is 1. The third kappa shape index (κ3) is 3.42. The van der Waals surface area contributed by atoms with Crippen molar-refractivity contribution in [2.24, 2.45) is 40.4 Å². The van der Waals surface area contributed by atoms with Gasteiger partial charge in [0.25, 0.3) is 0 Å². The molecule has 4 rings (SSSR count). The van der Waals surface area contributed by atoms with E-state index in [4.69, 9.17) is 0 Å². The largest absolute Gasteiger partial charge is 0.393 e. The first-order valence-corrected chi connectivity index (χ1v) is 12.2. The van der Waals surface area contributed by atoms with Crippen LogP contribution in [0.5, 0.6) is 0 Å². The lowest BCUT2D eigenvalue weighted by atomic mass is 9.54. The minimum absolute atomic E-state index is 0.143. The van der Waals surface area contributed by atoms with Crippen LogP contribution in [0.3, 0.4) is 0 Å². The maximum absolute atomic E-state index is 10.2. The van der Waals surface area contributed by atoms with Crippen LogP contribution in [-0.4, -0.2) is 11.2 Å². The Balaban J connectivity index is 1.60. The van der Waals surface area contributed by atoms with E-state index in [0.717, 1.165) is 25.2 Å². The van der Waals surface area contributed by atoms with Crippen LogP contribution >= 0.6 is 0 Å². The Hall–Kier alpha value is -1.08. The molecule has 0 aromatic carbocycles. The van der Waals surface area contributed by atoms with Gasteiger partial charge >= 0.3 is 0 Å². The summed E-state index contributed by atoms with van der Waals surface area (Å²) in [7, 11) is 0. The highest BCUT2D eigenvalue weighted by Gasteiger charge is 2.53. The molecule has 0 amide bonds.